The van der Waals surface area contributed by atoms with E-state index >= 15 is 0 Å². The average molecular weight is 451 g/mol. The first-order valence-corrected chi connectivity index (χ1v) is 9.63. The number of thiazole rings is 2. The summed E-state index contributed by atoms with van der Waals surface area (Å²) in [6, 6.07) is 1.13. The van der Waals surface area contributed by atoms with Crippen LogP contribution in [0.25, 0.3) is 10.2 Å². The Morgan fingerprint density at radius 3 is 2.61 bits per heavy atom. The van der Waals surface area contributed by atoms with Gasteiger partial charge < -0.3 is 5.32 Å². The molecular formula is C15H10ClF3N4O3S2. The van der Waals surface area contributed by atoms with Crippen molar-refractivity contribution in [1.29, 1.82) is 0 Å². The maximum absolute atomic E-state index is 12.9. The second-order valence-corrected chi connectivity index (χ2v) is 8.27. The first-order chi connectivity index (χ1) is 13.1. The first-order valence-electron chi connectivity index (χ1n) is 7.62. The highest BCUT2D eigenvalue weighted by Gasteiger charge is 2.34. The minimum absolute atomic E-state index is 0.0921. The van der Waals surface area contributed by atoms with Crippen LogP contribution in [0.2, 0.25) is 4.34 Å². The molecule has 2 aromatic heterocycles. The number of nitro benzene ring substituents is 1. The summed E-state index contributed by atoms with van der Waals surface area (Å²) in [5, 5.41) is 14.3. The number of aromatic nitrogens is 2. The summed E-state index contributed by atoms with van der Waals surface area (Å²) in [5.74, 6) is -0.636. The second kappa shape index (κ2) is 7.60. The smallest absolute Gasteiger partial charge is 0.350 e. The molecule has 0 saturated carbocycles. The van der Waals surface area contributed by atoms with Gasteiger partial charge in [-0.05, 0) is 13.0 Å². The number of nitrogens with one attached hydrogen (secondary N) is 1. The molecule has 0 aliphatic heterocycles. The number of hydrogen-bond donors (Lipinski definition) is 1. The largest absolute Gasteiger partial charge is 0.416 e. The van der Waals surface area contributed by atoms with E-state index in [9.17, 15) is 28.1 Å². The summed E-state index contributed by atoms with van der Waals surface area (Å²) >= 11 is 7.87. The lowest BCUT2D eigenvalue weighted by molar-refractivity contribution is -0.383. The lowest BCUT2D eigenvalue weighted by Gasteiger charge is -2.05. The third-order valence-electron chi connectivity index (χ3n) is 3.60. The van der Waals surface area contributed by atoms with Crippen molar-refractivity contribution in [2.24, 2.45) is 0 Å². The predicted molar refractivity (Wildman–Crippen MR) is 99.2 cm³/mol. The molecule has 0 bridgehead atoms. The van der Waals surface area contributed by atoms with Crippen molar-refractivity contribution < 1.29 is 22.9 Å². The number of carbonyl (C=O) groups excluding carboxylic acids is 1. The molecule has 0 atom stereocenters. The number of rotatable bonds is 5. The number of fused-ring (bicyclic) bond motifs is 1. The topological polar surface area (TPSA) is 98.0 Å². The minimum Gasteiger partial charge on any atom is -0.350 e. The third-order valence-corrected chi connectivity index (χ3v) is 6.20. The maximum atomic E-state index is 12.9. The molecule has 0 saturated heterocycles. The van der Waals surface area contributed by atoms with E-state index in [-0.39, 0.29) is 21.8 Å². The van der Waals surface area contributed by atoms with E-state index in [1.165, 1.54) is 11.3 Å². The van der Waals surface area contributed by atoms with Crippen LogP contribution in [0.4, 0.5) is 18.9 Å². The monoisotopic (exact) mass is 450 g/mol. The van der Waals surface area contributed by atoms with Crippen molar-refractivity contribution >= 4 is 56.1 Å². The van der Waals surface area contributed by atoms with Crippen molar-refractivity contribution in [3.63, 3.8) is 0 Å². The van der Waals surface area contributed by atoms with Crippen LogP contribution in [-0.4, -0.2) is 27.3 Å². The molecule has 13 heteroatoms. The van der Waals surface area contributed by atoms with Crippen LogP contribution >= 0.6 is 34.3 Å². The number of hydrogen-bond acceptors (Lipinski definition) is 7. The Morgan fingerprint density at radius 1 is 1.32 bits per heavy atom. The van der Waals surface area contributed by atoms with Crippen molar-refractivity contribution in [3.8, 4) is 0 Å². The van der Waals surface area contributed by atoms with Gasteiger partial charge in [-0.1, -0.05) is 11.6 Å². The highest BCUT2D eigenvalue weighted by Crippen LogP contribution is 2.38. The highest BCUT2D eigenvalue weighted by atomic mass is 35.5. The highest BCUT2D eigenvalue weighted by molar-refractivity contribution is 7.20. The van der Waals surface area contributed by atoms with Gasteiger partial charge in [0.05, 0.1) is 26.7 Å². The Labute approximate surface area is 168 Å². The molecule has 3 rings (SSSR count). The van der Waals surface area contributed by atoms with Crippen LogP contribution in [0, 0.1) is 17.0 Å². The van der Waals surface area contributed by atoms with Crippen LogP contribution in [0.1, 0.15) is 26.1 Å². The molecule has 28 heavy (non-hydrogen) atoms. The molecule has 0 aliphatic rings. The van der Waals surface area contributed by atoms with E-state index in [1.54, 1.807) is 6.92 Å². The van der Waals surface area contributed by atoms with Gasteiger partial charge in [0, 0.05) is 19.0 Å². The van der Waals surface area contributed by atoms with Crippen LogP contribution < -0.4 is 5.32 Å². The first kappa shape index (κ1) is 20.4. The maximum Gasteiger partial charge on any atom is 0.416 e. The molecule has 1 N–H and O–H groups in total. The number of nitro groups is 1. The normalized spacial score (nSPS) is 11.8. The van der Waals surface area contributed by atoms with Crippen molar-refractivity contribution in [2.45, 2.75) is 19.5 Å². The molecule has 2 heterocycles. The van der Waals surface area contributed by atoms with Crippen molar-refractivity contribution in [3.05, 3.63) is 47.9 Å². The summed E-state index contributed by atoms with van der Waals surface area (Å²) in [6.07, 6.45) is -4.36. The summed E-state index contributed by atoms with van der Waals surface area (Å²) in [5.41, 5.74) is -1.50. The van der Waals surface area contributed by atoms with E-state index in [0.29, 0.717) is 39.9 Å². The lowest BCUT2D eigenvalue weighted by atomic mass is 10.2. The Kier molecular flexibility index (Phi) is 5.55. The van der Waals surface area contributed by atoms with Gasteiger partial charge in [-0.15, -0.1) is 22.7 Å². The lowest BCUT2D eigenvalue weighted by Crippen LogP contribution is -2.25. The van der Waals surface area contributed by atoms with Crippen LogP contribution in [0.15, 0.2) is 12.1 Å². The predicted octanol–water partition coefficient (Wildman–Crippen LogP) is 4.61. The number of nitrogens with zero attached hydrogens (tertiary/aromatic N) is 3. The Morgan fingerprint density at radius 2 is 2.04 bits per heavy atom. The van der Waals surface area contributed by atoms with Gasteiger partial charge in [0.1, 0.15) is 9.04 Å². The van der Waals surface area contributed by atoms with E-state index < -0.39 is 28.3 Å². The SMILES string of the molecule is Cc1nc(CCNC(=O)c2nc3cc(C(F)(F)F)cc([N+](=O)[O-])c3s2)sc1Cl. The summed E-state index contributed by atoms with van der Waals surface area (Å²) in [7, 11) is 0. The van der Waals surface area contributed by atoms with E-state index in [0.717, 1.165) is 5.01 Å². The molecule has 3 aromatic rings. The standard InChI is InChI=1S/C15H10ClF3N4O3S2/c1-6-12(16)27-10(21-6)2-3-20-13(24)14-22-8-4-7(15(17,18)19)5-9(23(25)26)11(8)28-14/h4-5H,2-3H2,1H3,(H,20,24). The number of benzene rings is 1. The minimum atomic E-state index is -4.77. The van der Waals surface area contributed by atoms with Crippen LogP contribution in [-0.2, 0) is 12.6 Å². The molecule has 0 spiro atoms. The molecule has 0 aliphatic carbocycles. The Balaban J connectivity index is 1.81. The van der Waals surface area contributed by atoms with Crippen molar-refractivity contribution in [1.82, 2.24) is 15.3 Å². The second-order valence-electron chi connectivity index (χ2n) is 5.59. The van der Waals surface area contributed by atoms with Gasteiger partial charge in [0.2, 0.25) is 0 Å². The molecule has 1 amide bonds. The Bertz CT molecular complexity index is 1060. The summed E-state index contributed by atoms with van der Waals surface area (Å²) < 4.78 is 39.3. The zero-order valence-electron chi connectivity index (χ0n) is 14.0. The van der Waals surface area contributed by atoms with Gasteiger partial charge in [-0.3, -0.25) is 14.9 Å². The number of halogens is 4. The van der Waals surface area contributed by atoms with Gasteiger partial charge in [0.25, 0.3) is 11.6 Å². The van der Waals surface area contributed by atoms with Crippen LogP contribution in [0.5, 0.6) is 0 Å². The number of carbonyl (C=O) groups is 1. The summed E-state index contributed by atoms with van der Waals surface area (Å²) in [6.45, 7) is 1.96. The fourth-order valence-corrected chi connectivity index (χ4v) is 4.35. The molecule has 0 unspecified atom stereocenters. The fraction of sp³-hybridized carbons (Fsp3) is 0.267. The zero-order chi connectivity index (χ0) is 20.6. The number of non-ortho nitro benzene ring substituents is 1. The van der Waals surface area contributed by atoms with Crippen LogP contribution in [0.3, 0.4) is 0 Å². The molecule has 0 fully saturated rings. The molecular weight excluding hydrogens is 441 g/mol. The van der Waals surface area contributed by atoms with Gasteiger partial charge in [-0.25, -0.2) is 9.97 Å². The third kappa shape index (κ3) is 4.23. The van der Waals surface area contributed by atoms with Gasteiger partial charge in [0.15, 0.2) is 5.01 Å². The fourth-order valence-electron chi connectivity index (χ4n) is 2.31. The number of aryl methyl sites for hydroxylation is 1. The number of alkyl halides is 3. The zero-order valence-corrected chi connectivity index (χ0v) is 16.4. The van der Waals surface area contributed by atoms with E-state index in [4.69, 9.17) is 11.6 Å². The molecule has 7 nitrogen and oxygen atoms in total. The summed E-state index contributed by atoms with van der Waals surface area (Å²) in [4.78, 5) is 30.5. The quantitative estimate of drug-likeness (QED) is 0.452. The molecule has 1 aromatic carbocycles. The average Bonchev–Trinajstić information content (AvgIpc) is 3.16. The van der Waals surface area contributed by atoms with E-state index in [2.05, 4.69) is 15.3 Å². The molecule has 148 valence electrons. The molecule has 0 radical (unpaired) electrons. The van der Waals surface area contributed by atoms with E-state index in [1.807, 2.05) is 0 Å². The number of amides is 1. The van der Waals surface area contributed by atoms with Gasteiger partial charge in [-0.2, -0.15) is 13.2 Å². The van der Waals surface area contributed by atoms with Crippen molar-refractivity contribution in [2.75, 3.05) is 6.54 Å². The van der Waals surface area contributed by atoms with Gasteiger partial charge >= 0.3 is 6.18 Å². The Hall–Kier alpha value is -2.31.